The van der Waals surface area contributed by atoms with Crippen molar-refractivity contribution in [2.45, 2.75) is 20.3 Å². The molecule has 0 radical (unpaired) electrons. The summed E-state index contributed by atoms with van der Waals surface area (Å²) in [6.45, 7) is 3.83. The average molecular weight is 175 g/mol. The number of carbonyl (C=O) groups excluding carboxylic acids is 1. The molecule has 0 aromatic rings. The van der Waals surface area contributed by atoms with E-state index >= 15 is 0 Å². The summed E-state index contributed by atoms with van der Waals surface area (Å²) in [6, 6.07) is 1.80. The topological polar surface area (TPSA) is 63.9 Å². The molecule has 0 atom stereocenters. The van der Waals surface area contributed by atoms with Crippen molar-refractivity contribution in [1.82, 2.24) is 0 Å². The van der Waals surface area contributed by atoms with Crippen LogP contribution in [0.25, 0.3) is 0 Å². The molecule has 0 saturated heterocycles. The van der Waals surface area contributed by atoms with E-state index < -0.39 is 5.97 Å². The van der Waals surface area contributed by atoms with E-state index in [0.717, 1.165) is 6.08 Å². The molecule has 0 unspecified atom stereocenters. The molecule has 4 heteroatoms. The Hall–Kier alpha value is -0.300. The Balaban J connectivity index is 0. The van der Waals surface area contributed by atoms with Gasteiger partial charge in [-0.05, 0) is 18.4 Å². The van der Waals surface area contributed by atoms with Crippen molar-refractivity contribution in [1.29, 1.82) is 5.26 Å². The zero-order valence-electron chi connectivity index (χ0n) is 7.63. The smallest absolute Gasteiger partial charge is 0.545 e. The first-order valence-corrected chi connectivity index (χ1v) is 3.38. The molecule has 0 aliphatic carbocycles. The molecule has 3 nitrogen and oxygen atoms in total. The Kier molecular flexibility index (Phi) is 8.73. The molecule has 0 aliphatic heterocycles. The fourth-order valence-electron chi connectivity index (χ4n) is 0.719. The molecule has 0 saturated carbocycles. The molecule has 0 aliphatic rings. The molecule has 0 bridgehead atoms. The Bertz CT molecular complexity index is 216. The third-order valence-corrected chi connectivity index (χ3v) is 1.06. The average Bonchev–Trinajstić information content (AvgIpc) is 1.84. The number of aliphatic carboxylic acids is 1. The Morgan fingerprint density at radius 1 is 1.67 bits per heavy atom. The number of carbonyl (C=O) groups is 1. The summed E-state index contributed by atoms with van der Waals surface area (Å²) in [5.74, 6) is -1.01. The summed E-state index contributed by atoms with van der Waals surface area (Å²) in [4.78, 5) is 10.0. The summed E-state index contributed by atoms with van der Waals surface area (Å²) in [5, 5.41) is 18.4. The van der Waals surface area contributed by atoms with E-state index in [0.29, 0.717) is 12.3 Å². The van der Waals surface area contributed by atoms with Gasteiger partial charge in [0.2, 0.25) is 0 Å². The van der Waals surface area contributed by atoms with E-state index in [9.17, 15) is 9.90 Å². The van der Waals surface area contributed by atoms with Crippen molar-refractivity contribution in [2.24, 2.45) is 5.92 Å². The number of hydrogen-bond donors (Lipinski definition) is 0. The zero-order chi connectivity index (χ0) is 8.85. The van der Waals surface area contributed by atoms with Crippen LogP contribution >= 0.6 is 0 Å². The van der Waals surface area contributed by atoms with Crippen molar-refractivity contribution in [2.75, 3.05) is 0 Å². The van der Waals surface area contributed by atoms with Gasteiger partial charge in [-0.25, -0.2) is 0 Å². The molecule has 0 amide bonds. The quantitative estimate of drug-likeness (QED) is 0.265. The predicted molar refractivity (Wildman–Crippen MR) is 38.2 cm³/mol. The van der Waals surface area contributed by atoms with Gasteiger partial charge in [0, 0.05) is 5.57 Å². The molecule has 0 aromatic carbocycles. The van der Waals surface area contributed by atoms with Gasteiger partial charge < -0.3 is 9.90 Å². The maximum absolute atomic E-state index is 10.0. The van der Waals surface area contributed by atoms with Gasteiger partial charge in [-0.1, -0.05) is 13.8 Å². The van der Waals surface area contributed by atoms with Gasteiger partial charge in [0.05, 0.1) is 12.0 Å². The van der Waals surface area contributed by atoms with Crippen molar-refractivity contribution in [3.8, 4) is 6.07 Å². The van der Waals surface area contributed by atoms with Gasteiger partial charge in [0.15, 0.2) is 0 Å². The van der Waals surface area contributed by atoms with E-state index in [1.165, 1.54) is 0 Å². The third kappa shape index (κ3) is 7.80. The summed E-state index contributed by atoms with van der Waals surface area (Å²) < 4.78 is 0. The van der Waals surface area contributed by atoms with Gasteiger partial charge >= 0.3 is 29.6 Å². The first-order valence-electron chi connectivity index (χ1n) is 3.38. The second kappa shape index (κ2) is 7.35. The van der Waals surface area contributed by atoms with Gasteiger partial charge in [-0.3, -0.25) is 0 Å². The normalized spacial score (nSPS) is 10.3. The summed E-state index contributed by atoms with van der Waals surface area (Å²) in [7, 11) is 0. The minimum atomic E-state index is -1.30. The molecule has 0 aromatic heterocycles. The molecular formula is C8H10NNaO2. The fraction of sp³-hybridized carbons (Fsp3) is 0.500. The number of carboxylic acid groups (broad SMARTS) is 1. The van der Waals surface area contributed by atoms with E-state index in [1.807, 2.05) is 13.8 Å². The minimum absolute atomic E-state index is 0. The SMILES string of the molecule is CC(C)C/C(C#N)=C\C(=O)[O-].[Na+]. The van der Waals surface area contributed by atoms with E-state index in [2.05, 4.69) is 0 Å². The van der Waals surface area contributed by atoms with Crippen molar-refractivity contribution in [3.05, 3.63) is 11.6 Å². The van der Waals surface area contributed by atoms with Crippen LogP contribution < -0.4 is 34.7 Å². The largest absolute Gasteiger partial charge is 1.00 e. The second-order valence-corrected chi connectivity index (χ2v) is 2.70. The standard InChI is InChI=1S/C8H11NO2.Na/c1-6(2)3-7(5-9)4-8(10)11;/h4,6H,3H2,1-2H3,(H,10,11);/q;+1/p-1/b7-4+;. The van der Waals surface area contributed by atoms with Crippen LogP contribution in [0.1, 0.15) is 20.3 Å². The fourth-order valence-corrected chi connectivity index (χ4v) is 0.719. The van der Waals surface area contributed by atoms with Crippen LogP contribution in [0, 0.1) is 17.2 Å². The maximum atomic E-state index is 10.0. The zero-order valence-corrected chi connectivity index (χ0v) is 9.63. The van der Waals surface area contributed by atoms with Crippen LogP contribution in [0.3, 0.4) is 0 Å². The monoisotopic (exact) mass is 175 g/mol. The number of hydrogen-bond acceptors (Lipinski definition) is 3. The Morgan fingerprint density at radius 3 is 2.42 bits per heavy atom. The number of nitrogens with zero attached hydrogens (tertiary/aromatic N) is 1. The van der Waals surface area contributed by atoms with Crippen LogP contribution in [-0.4, -0.2) is 5.97 Å². The van der Waals surface area contributed by atoms with Gasteiger partial charge in [0.1, 0.15) is 0 Å². The van der Waals surface area contributed by atoms with Crippen LogP contribution in [0.4, 0.5) is 0 Å². The first kappa shape index (κ1) is 14.2. The van der Waals surface area contributed by atoms with Gasteiger partial charge in [0.25, 0.3) is 0 Å². The van der Waals surface area contributed by atoms with E-state index in [-0.39, 0.29) is 35.1 Å². The van der Waals surface area contributed by atoms with Crippen LogP contribution in [0.2, 0.25) is 0 Å². The number of rotatable bonds is 3. The first-order chi connectivity index (χ1) is 5.06. The number of allylic oxidation sites excluding steroid dienone is 1. The molecule has 12 heavy (non-hydrogen) atoms. The van der Waals surface area contributed by atoms with Crippen molar-refractivity contribution < 1.29 is 39.5 Å². The van der Waals surface area contributed by atoms with Gasteiger partial charge in [-0.15, -0.1) is 0 Å². The Labute approximate surface area is 94.4 Å². The van der Waals surface area contributed by atoms with Crippen LogP contribution in [0.15, 0.2) is 11.6 Å². The summed E-state index contributed by atoms with van der Waals surface area (Å²) >= 11 is 0. The minimum Gasteiger partial charge on any atom is -0.545 e. The van der Waals surface area contributed by atoms with E-state index in [4.69, 9.17) is 5.26 Å². The molecule has 60 valence electrons. The summed E-state index contributed by atoms with van der Waals surface area (Å²) in [6.07, 6.45) is 1.34. The van der Waals surface area contributed by atoms with E-state index in [1.54, 1.807) is 6.07 Å². The van der Waals surface area contributed by atoms with Crippen LogP contribution in [0.5, 0.6) is 0 Å². The number of carboxylic acids is 1. The third-order valence-electron chi connectivity index (χ3n) is 1.06. The Morgan fingerprint density at radius 2 is 2.17 bits per heavy atom. The molecule has 0 N–H and O–H groups in total. The molecule has 0 rings (SSSR count). The van der Waals surface area contributed by atoms with Gasteiger partial charge in [-0.2, -0.15) is 5.26 Å². The molecule has 0 heterocycles. The molecule has 0 fully saturated rings. The van der Waals surface area contributed by atoms with Crippen molar-refractivity contribution >= 4 is 5.97 Å². The molecule has 0 spiro atoms. The predicted octanol–water partition coefficient (Wildman–Crippen LogP) is -2.76. The van der Waals surface area contributed by atoms with Crippen molar-refractivity contribution in [3.63, 3.8) is 0 Å². The molecular weight excluding hydrogens is 165 g/mol. The summed E-state index contributed by atoms with van der Waals surface area (Å²) in [5.41, 5.74) is 0.264. The second-order valence-electron chi connectivity index (χ2n) is 2.70. The van der Waals surface area contributed by atoms with Crippen LogP contribution in [-0.2, 0) is 4.79 Å². The number of nitriles is 1. The maximum Gasteiger partial charge on any atom is 1.00 e.